The third-order valence-corrected chi connectivity index (χ3v) is 4.36. The van der Waals surface area contributed by atoms with Crippen LogP contribution in [0.1, 0.15) is 31.2 Å². The summed E-state index contributed by atoms with van der Waals surface area (Å²) < 4.78 is 5.57. The van der Waals surface area contributed by atoms with E-state index in [4.69, 9.17) is 4.74 Å². The number of hydrogen-bond donors (Lipinski definition) is 2. The lowest BCUT2D eigenvalue weighted by molar-refractivity contribution is 0.00199. The number of hydrogen-bond acceptors (Lipinski definition) is 4. The molecule has 1 aliphatic carbocycles. The third kappa shape index (κ3) is 6.05. The van der Waals surface area contributed by atoms with Crippen molar-refractivity contribution in [1.82, 2.24) is 4.90 Å². The van der Waals surface area contributed by atoms with Crippen molar-refractivity contribution in [2.45, 2.75) is 44.5 Å². The Labute approximate surface area is 133 Å². The van der Waals surface area contributed by atoms with Gasteiger partial charge in [0.1, 0.15) is 0 Å². The lowest BCUT2D eigenvalue weighted by Crippen LogP contribution is -2.39. The van der Waals surface area contributed by atoms with Crippen LogP contribution in [-0.2, 0) is 11.3 Å². The third-order valence-electron chi connectivity index (χ3n) is 4.36. The molecule has 3 atom stereocenters. The summed E-state index contributed by atoms with van der Waals surface area (Å²) in [6.07, 6.45) is 3.68. The highest BCUT2D eigenvalue weighted by Crippen LogP contribution is 2.24. The minimum atomic E-state index is -0.491. The fourth-order valence-corrected chi connectivity index (χ4v) is 3.18. The second kappa shape index (κ2) is 9.26. The Morgan fingerprint density at radius 2 is 1.95 bits per heavy atom. The molecule has 22 heavy (non-hydrogen) atoms. The van der Waals surface area contributed by atoms with Crippen molar-refractivity contribution in [3.05, 3.63) is 35.9 Å². The van der Waals surface area contributed by atoms with Crippen LogP contribution in [0.5, 0.6) is 0 Å². The number of aliphatic hydroxyl groups excluding tert-OH is 2. The minimum absolute atomic E-state index is 0.178. The normalized spacial score (nSPS) is 23.6. The van der Waals surface area contributed by atoms with Gasteiger partial charge < -0.3 is 19.8 Å². The average molecular weight is 307 g/mol. The van der Waals surface area contributed by atoms with Crippen LogP contribution in [0.3, 0.4) is 0 Å². The molecule has 2 rings (SSSR count). The summed E-state index contributed by atoms with van der Waals surface area (Å²) in [6, 6.07) is 9.98. The monoisotopic (exact) mass is 307 g/mol. The zero-order valence-corrected chi connectivity index (χ0v) is 13.5. The summed E-state index contributed by atoms with van der Waals surface area (Å²) in [5, 5.41) is 20.1. The molecule has 0 saturated heterocycles. The van der Waals surface area contributed by atoms with E-state index < -0.39 is 6.10 Å². The molecule has 1 aromatic rings. The number of rotatable bonds is 8. The highest BCUT2D eigenvalue weighted by atomic mass is 16.5. The van der Waals surface area contributed by atoms with Crippen molar-refractivity contribution < 1.29 is 14.9 Å². The molecule has 1 fully saturated rings. The van der Waals surface area contributed by atoms with Gasteiger partial charge in [0.15, 0.2) is 0 Å². The summed E-state index contributed by atoms with van der Waals surface area (Å²) in [4.78, 5) is 2.11. The molecule has 0 bridgehead atoms. The quantitative estimate of drug-likeness (QED) is 0.772. The maximum Gasteiger partial charge on any atom is 0.0900 e. The van der Waals surface area contributed by atoms with Gasteiger partial charge in [0, 0.05) is 13.1 Å². The SMILES string of the molecule is CN(CC(O)COCc1ccccc1)CC1CCCCC1O. The van der Waals surface area contributed by atoms with Gasteiger partial charge in [-0.1, -0.05) is 43.2 Å². The Morgan fingerprint density at radius 1 is 1.23 bits per heavy atom. The molecule has 4 nitrogen and oxygen atoms in total. The molecular formula is C18H29NO3. The number of likely N-dealkylation sites (N-methyl/N-ethyl adjacent to an activating group) is 1. The van der Waals surface area contributed by atoms with Crippen LogP contribution in [0.4, 0.5) is 0 Å². The van der Waals surface area contributed by atoms with Crippen LogP contribution in [0.15, 0.2) is 30.3 Å². The lowest BCUT2D eigenvalue weighted by Gasteiger charge is -2.31. The van der Waals surface area contributed by atoms with Crippen LogP contribution in [0.2, 0.25) is 0 Å². The van der Waals surface area contributed by atoms with Gasteiger partial charge in [0.05, 0.1) is 25.4 Å². The zero-order chi connectivity index (χ0) is 15.8. The van der Waals surface area contributed by atoms with Crippen LogP contribution < -0.4 is 0 Å². The average Bonchev–Trinajstić information content (AvgIpc) is 2.50. The van der Waals surface area contributed by atoms with Gasteiger partial charge in [0.25, 0.3) is 0 Å². The van der Waals surface area contributed by atoms with E-state index in [0.29, 0.717) is 25.7 Å². The molecule has 0 radical (unpaired) electrons. The van der Waals surface area contributed by atoms with Crippen molar-refractivity contribution in [2.75, 3.05) is 26.7 Å². The van der Waals surface area contributed by atoms with Crippen molar-refractivity contribution in [3.63, 3.8) is 0 Å². The molecule has 2 N–H and O–H groups in total. The standard InChI is InChI=1S/C18H29NO3/c1-19(11-16-9-5-6-10-18(16)21)12-17(20)14-22-13-15-7-3-2-4-8-15/h2-4,7-8,16-18,20-21H,5-6,9-14H2,1H3. The molecule has 0 aliphatic heterocycles. The van der Waals surface area contributed by atoms with E-state index in [0.717, 1.165) is 31.4 Å². The molecule has 1 aliphatic rings. The zero-order valence-electron chi connectivity index (χ0n) is 13.5. The summed E-state index contributed by atoms with van der Waals surface area (Å²) in [7, 11) is 2.00. The van der Waals surface area contributed by atoms with Crippen molar-refractivity contribution in [2.24, 2.45) is 5.92 Å². The summed E-state index contributed by atoms with van der Waals surface area (Å²) in [5.41, 5.74) is 1.12. The number of nitrogens with zero attached hydrogens (tertiary/aromatic N) is 1. The van der Waals surface area contributed by atoms with Crippen molar-refractivity contribution in [3.8, 4) is 0 Å². The van der Waals surface area contributed by atoms with E-state index in [9.17, 15) is 10.2 Å². The van der Waals surface area contributed by atoms with Gasteiger partial charge in [-0.15, -0.1) is 0 Å². The maximum atomic E-state index is 10.1. The molecule has 0 heterocycles. The first-order chi connectivity index (χ1) is 10.6. The molecule has 1 saturated carbocycles. The van der Waals surface area contributed by atoms with Gasteiger partial charge in [-0.2, -0.15) is 0 Å². The van der Waals surface area contributed by atoms with E-state index in [1.807, 2.05) is 37.4 Å². The van der Waals surface area contributed by atoms with Crippen LogP contribution >= 0.6 is 0 Å². The first-order valence-corrected chi connectivity index (χ1v) is 8.31. The molecule has 3 unspecified atom stereocenters. The summed E-state index contributed by atoms with van der Waals surface area (Å²) in [5.74, 6) is 0.344. The highest BCUT2D eigenvalue weighted by Gasteiger charge is 2.24. The second-order valence-electron chi connectivity index (χ2n) is 6.49. The molecule has 4 heteroatoms. The van der Waals surface area contributed by atoms with Crippen LogP contribution in [0.25, 0.3) is 0 Å². The number of aliphatic hydroxyl groups is 2. The Hall–Kier alpha value is -0.940. The van der Waals surface area contributed by atoms with Crippen molar-refractivity contribution >= 4 is 0 Å². The summed E-state index contributed by atoms with van der Waals surface area (Å²) >= 11 is 0. The largest absolute Gasteiger partial charge is 0.393 e. The Kier molecular flexibility index (Phi) is 7.33. The van der Waals surface area contributed by atoms with Gasteiger partial charge in [-0.25, -0.2) is 0 Å². The Bertz CT molecular complexity index is 412. The molecule has 0 spiro atoms. The predicted molar refractivity (Wildman–Crippen MR) is 87.6 cm³/mol. The van der Waals surface area contributed by atoms with E-state index >= 15 is 0 Å². The topological polar surface area (TPSA) is 52.9 Å². The molecule has 124 valence electrons. The number of benzene rings is 1. The van der Waals surface area contributed by atoms with Gasteiger partial charge in [0.2, 0.25) is 0 Å². The molecule has 1 aromatic carbocycles. The van der Waals surface area contributed by atoms with Crippen LogP contribution in [0, 0.1) is 5.92 Å². The predicted octanol–water partition coefficient (Wildman–Crippen LogP) is 2.05. The van der Waals surface area contributed by atoms with Gasteiger partial charge >= 0.3 is 0 Å². The fourth-order valence-electron chi connectivity index (χ4n) is 3.18. The smallest absolute Gasteiger partial charge is 0.0900 e. The fraction of sp³-hybridized carbons (Fsp3) is 0.667. The summed E-state index contributed by atoms with van der Waals surface area (Å²) in [6.45, 7) is 2.30. The first kappa shape index (κ1) is 17.4. The van der Waals surface area contributed by atoms with Gasteiger partial charge in [-0.05, 0) is 31.4 Å². The van der Waals surface area contributed by atoms with Gasteiger partial charge in [-0.3, -0.25) is 0 Å². The molecular weight excluding hydrogens is 278 g/mol. The maximum absolute atomic E-state index is 10.1. The minimum Gasteiger partial charge on any atom is -0.393 e. The van der Waals surface area contributed by atoms with E-state index in [2.05, 4.69) is 4.90 Å². The Morgan fingerprint density at radius 3 is 2.68 bits per heavy atom. The lowest BCUT2D eigenvalue weighted by atomic mass is 9.86. The van der Waals surface area contributed by atoms with Crippen LogP contribution in [-0.4, -0.2) is 54.1 Å². The van der Waals surface area contributed by atoms with E-state index in [1.165, 1.54) is 6.42 Å². The highest BCUT2D eigenvalue weighted by molar-refractivity contribution is 5.13. The second-order valence-corrected chi connectivity index (χ2v) is 6.49. The van der Waals surface area contributed by atoms with Crippen molar-refractivity contribution in [1.29, 1.82) is 0 Å². The van der Waals surface area contributed by atoms with E-state index in [-0.39, 0.29) is 6.10 Å². The number of ether oxygens (including phenoxy) is 1. The first-order valence-electron chi connectivity index (χ1n) is 8.31. The van der Waals surface area contributed by atoms with E-state index in [1.54, 1.807) is 0 Å². The molecule has 0 amide bonds. The molecule has 0 aromatic heterocycles. The Balaban J connectivity index is 1.62.